The molecule has 0 aliphatic heterocycles. The summed E-state index contributed by atoms with van der Waals surface area (Å²) in [7, 11) is 0. The number of rotatable bonds is 5. The second kappa shape index (κ2) is 7.00. The van der Waals surface area contributed by atoms with Gasteiger partial charge in [0.2, 0.25) is 0 Å². The molecule has 112 valence electrons. The number of alkyl halides is 2. The highest BCUT2D eigenvalue weighted by atomic mass is 35.5. The van der Waals surface area contributed by atoms with E-state index in [0.717, 1.165) is 11.1 Å². The van der Waals surface area contributed by atoms with Gasteiger partial charge in [0.15, 0.2) is 0 Å². The van der Waals surface area contributed by atoms with Gasteiger partial charge < -0.3 is 0 Å². The van der Waals surface area contributed by atoms with E-state index in [4.69, 9.17) is 34.8 Å². The minimum atomic E-state index is -0.541. The standard InChI is InChI=1S/C17H16Cl3F/c1-12-4-2-5-13(8-12)17(10-18,11-19)9-14-15(20)6-3-7-16(14)21/h2-8H,9-11H2,1H3. The molecule has 0 nitrogen and oxygen atoms in total. The van der Waals surface area contributed by atoms with Crippen LogP contribution in [0, 0.1) is 12.7 Å². The fourth-order valence-electron chi connectivity index (χ4n) is 2.40. The summed E-state index contributed by atoms with van der Waals surface area (Å²) in [6.45, 7) is 2.01. The predicted molar refractivity (Wildman–Crippen MR) is 89.4 cm³/mol. The average Bonchev–Trinajstić information content (AvgIpc) is 2.48. The molecule has 2 aromatic carbocycles. The molecule has 0 aliphatic carbocycles. The van der Waals surface area contributed by atoms with Crippen LogP contribution in [0.5, 0.6) is 0 Å². The van der Waals surface area contributed by atoms with E-state index in [2.05, 4.69) is 0 Å². The Morgan fingerprint density at radius 2 is 1.71 bits per heavy atom. The average molecular weight is 346 g/mol. The summed E-state index contributed by atoms with van der Waals surface area (Å²) in [5.74, 6) is 0.268. The molecule has 4 heteroatoms. The van der Waals surface area contributed by atoms with Crippen molar-refractivity contribution < 1.29 is 4.39 Å². The molecular formula is C17H16Cl3F. The Labute approximate surface area is 139 Å². The van der Waals surface area contributed by atoms with Crippen molar-refractivity contribution in [2.24, 2.45) is 0 Å². The van der Waals surface area contributed by atoms with Crippen LogP contribution in [0.3, 0.4) is 0 Å². The van der Waals surface area contributed by atoms with Crippen LogP contribution in [0.4, 0.5) is 4.39 Å². The molecule has 0 aromatic heterocycles. The molecule has 0 N–H and O–H groups in total. The first-order valence-electron chi connectivity index (χ1n) is 6.64. The lowest BCUT2D eigenvalue weighted by atomic mass is 9.78. The van der Waals surface area contributed by atoms with Crippen LogP contribution in [0.2, 0.25) is 5.02 Å². The molecule has 0 bridgehead atoms. The third-order valence-electron chi connectivity index (χ3n) is 3.72. The number of aryl methyl sites for hydroxylation is 1. The SMILES string of the molecule is Cc1cccc(C(CCl)(CCl)Cc2c(F)cccc2Cl)c1. The van der Waals surface area contributed by atoms with E-state index in [1.165, 1.54) is 6.07 Å². The molecular weight excluding hydrogens is 330 g/mol. The van der Waals surface area contributed by atoms with Crippen molar-refractivity contribution in [3.05, 3.63) is 70.0 Å². The van der Waals surface area contributed by atoms with Crippen molar-refractivity contribution in [1.29, 1.82) is 0 Å². The van der Waals surface area contributed by atoms with Crippen LogP contribution in [0.15, 0.2) is 42.5 Å². The number of hydrogen-bond acceptors (Lipinski definition) is 0. The van der Waals surface area contributed by atoms with Crippen molar-refractivity contribution in [1.82, 2.24) is 0 Å². The number of hydrogen-bond donors (Lipinski definition) is 0. The molecule has 2 aromatic rings. The van der Waals surface area contributed by atoms with Gasteiger partial charge in [-0.15, -0.1) is 23.2 Å². The van der Waals surface area contributed by atoms with Gasteiger partial charge in [-0.3, -0.25) is 0 Å². The third kappa shape index (κ3) is 3.53. The molecule has 0 saturated carbocycles. The Bertz CT molecular complexity index is 601. The molecule has 0 fully saturated rings. The number of benzene rings is 2. The Morgan fingerprint density at radius 3 is 2.29 bits per heavy atom. The zero-order valence-electron chi connectivity index (χ0n) is 11.7. The van der Waals surface area contributed by atoms with Crippen LogP contribution in [0.1, 0.15) is 16.7 Å². The van der Waals surface area contributed by atoms with E-state index < -0.39 is 5.41 Å². The van der Waals surface area contributed by atoms with Gasteiger partial charge in [-0.2, -0.15) is 0 Å². The summed E-state index contributed by atoms with van der Waals surface area (Å²) in [5.41, 5.74) is 2.04. The first-order valence-corrected chi connectivity index (χ1v) is 8.09. The summed E-state index contributed by atoms with van der Waals surface area (Å²) >= 11 is 18.6. The lowest BCUT2D eigenvalue weighted by molar-refractivity contribution is 0.512. The summed E-state index contributed by atoms with van der Waals surface area (Å²) < 4.78 is 14.1. The zero-order chi connectivity index (χ0) is 15.5. The molecule has 0 unspecified atom stereocenters. The molecule has 0 atom stereocenters. The fourth-order valence-corrected chi connectivity index (χ4v) is 3.41. The smallest absolute Gasteiger partial charge is 0.127 e. The topological polar surface area (TPSA) is 0 Å². The highest BCUT2D eigenvalue weighted by Gasteiger charge is 2.33. The maximum atomic E-state index is 14.1. The maximum absolute atomic E-state index is 14.1. The lowest BCUT2D eigenvalue weighted by Gasteiger charge is -2.31. The zero-order valence-corrected chi connectivity index (χ0v) is 13.9. The fraction of sp³-hybridized carbons (Fsp3) is 0.294. The Kier molecular flexibility index (Phi) is 5.54. The summed E-state index contributed by atoms with van der Waals surface area (Å²) in [4.78, 5) is 0. The summed E-state index contributed by atoms with van der Waals surface area (Å²) in [5, 5.41) is 0.405. The van der Waals surface area contributed by atoms with Crippen molar-refractivity contribution in [2.45, 2.75) is 18.8 Å². The molecule has 21 heavy (non-hydrogen) atoms. The highest BCUT2D eigenvalue weighted by Crippen LogP contribution is 2.35. The van der Waals surface area contributed by atoms with E-state index in [1.807, 2.05) is 31.2 Å². The van der Waals surface area contributed by atoms with Gasteiger partial charge in [-0.1, -0.05) is 47.5 Å². The van der Waals surface area contributed by atoms with Crippen molar-refractivity contribution in [3.63, 3.8) is 0 Å². The van der Waals surface area contributed by atoms with Gasteiger partial charge in [0, 0.05) is 27.8 Å². The Hall–Kier alpha value is -0.760. The molecule has 0 spiro atoms. The second-order valence-corrected chi connectivity index (χ2v) is 6.24. The highest BCUT2D eigenvalue weighted by molar-refractivity contribution is 6.31. The predicted octanol–water partition coefficient (Wildman–Crippen LogP) is 5.75. The van der Waals surface area contributed by atoms with Crippen LogP contribution >= 0.6 is 34.8 Å². The minimum absolute atomic E-state index is 0.296. The summed E-state index contributed by atoms with van der Waals surface area (Å²) in [6, 6.07) is 12.7. The molecule has 0 saturated heterocycles. The normalized spacial score (nSPS) is 11.7. The van der Waals surface area contributed by atoms with Gasteiger partial charge in [-0.25, -0.2) is 4.39 Å². The molecule has 2 rings (SSSR count). The van der Waals surface area contributed by atoms with Crippen molar-refractivity contribution in [2.75, 3.05) is 11.8 Å². The second-order valence-electron chi connectivity index (χ2n) is 5.29. The largest absolute Gasteiger partial charge is 0.207 e. The third-order valence-corrected chi connectivity index (χ3v) is 5.10. The summed E-state index contributed by atoms with van der Waals surface area (Å²) in [6.07, 6.45) is 0.370. The number of halogens is 4. The van der Waals surface area contributed by atoms with Crippen LogP contribution in [-0.2, 0) is 11.8 Å². The van der Waals surface area contributed by atoms with Gasteiger partial charge in [0.25, 0.3) is 0 Å². The van der Waals surface area contributed by atoms with Crippen molar-refractivity contribution in [3.8, 4) is 0 Å². The monoisotopic (exact) mass is 344 g/mol. The van der Waals surface area contributed by atoms with Crippen LogP contribution in [-0.4, -0.2) is 11.8 Å². The van der Waals surface area contributed by atoms with Gasteiger partial charge in [0.1, 0.15) is 5.82 Å². The van der Waals surface area contributed by atoms with E-state index >= 15 is 0 Å². The Balaban J connectivity index is 2.48. The van der Waals surface area contributed by atoms with E-state index in [0.29, 0.717) is 28.8 Å². The molecule has 0 aliphatic rings. The quantitative estimate of drug-likeness (QED) is 0.606. The van der Waals surface area contributed by atoms with Gasteiger partial charge in [0.05, 0.1) is 0 Å². The van der Waals surface area contributed by atoms with E-state index in [9.17, 15) is 4.39 Å². The van der Waals surface area contributed by atoms with Crippen molar-refractivity contribution >= 4 is 34.8 Å². The first-order chi connectivity index (χ1) is 10.0. The minimum Gasteiger partial charge on any atom is -0.207 e. The van der Waals surface area contributed by atoms with Gasteiger partial charge >= 0.3 is 0 Å². The molecule has 0 radical (unpaired) electrons. The molecule has 0 heterocycles. The van der Waals surface area contributed by atoms with Crippen LogP contribution < -0.4 is 0 Å². The first kappa shape index (κ1) is 16.6. The Morgan fingerprint density at radius 1 is 1.05 bits per heavy atom. The molecule has 0 amide bonds. The van der Waals surface area contributed by atoms with Gasteiger partial charge in [-0.05, 0) is 31.0 Å². The van der Waals surface area contributed by atoms with Crippen LogP contribution in [0.25, 0.3) is 0 Å². The van der Waals surface area contributed by atoms with E-state index in [-0.39, 0.29) is 5.82 Å². The lowest BCUT2D eigenvalue weighted by Crippen LogP contribution is -2.34. The van der Waals surface area contributed by atoms with E-state index in [1.54, 1.807) is 12.1 Å². The maximum Gasteiger partial charge on any atom is 0.127 e.